The molecule has 2 amide bonds. The number of benzene rings is 2. The number of Topliss-reactive ketones (excluding diaryl/α,β-unsaturated/α-hetero) is 1. The minimum Gasteiger partial charge on any atom is -0.459 e. The molecule has 4 rings (SSSR count). The molecule has 3 aromatic rings. The molecule has 0 bridgehead atoms. The molecular formula is C27H28N2O4. The summed E-state index contributed by atoms with van der Waals surface area (Å²) in [5.74, 6) is -0.309. The highest BCUT2D eigenvalue weighted by Gasteiger charge is 2.50. The first-order valence-corrected chi connectivity index (χ1v) is 10.9. The Labute approximate surface area is 193 Å². The Balaban J connectivity index is 1.83. The molecule has 0 spiro atoms. The van der Waals surface area contributed by atoms with Crippen molar-refractivity contribution < 1.29 is 18.8 Å². The van der Waals surface area contributed by atoms with Gasteiger partial charge >= 0.3 is 0 Å². The van der Waals surface area contributed by atoms with Crippen molar-refractivity contribution in [1.82, 2.24) is 0 Å². The molecule has 1 aliphatic heterocycles. The van der Waals surface area contributed by atoms with Gasteiger partial charge in [-0.2, -0.15) is 0 Å². The summed E-state index contributed by atoms with van der Waals surface area (Å²) in [7, 11) is 0. The number of aryl methyl sites for hydroxylation is 1. The van der Waals surface area contributed by atoms with Gasteiger partial charge in [-0.05, 0) is 70.0 Å². The molecule has 0 saturated carbocycles. The fourth-order valence-corrected chi connectivity index (χ4v) is 5.04. The SMILES string of the molecule is CC(=O)N1c2ccc(NC(=O)c3ccco3)cc2C(C)(C(=O)c2ccc(C)cc2)CC1(C)C. The molecule has 0 saturated heterocycles. The number of fused-ring (bicyclic) bond motifs is 1. The van der Waals surface area contributed by atoms with Gasteiger partial charge < -0.3 is 14.6 Å². The summed E-state index contributed by atoms with van der Waals surface area (Å²) in [6.07, 6.45) is 1.88. The van der Waals surface area contributed by atoms with E-state index in [0.29, 0.717) is 28.9 Å². The molecule has 1 unspecified atom stereocenters. The molecule has 170 valence electrons. The monoisotopic (exact) mass is 444 g/mol. The molecule has 1 aliphatic rings. The molecule has 1 N–H and O–H groups in total. The minimum atomic E-state index is -0.897. The molecule has 6 nitrogen and oxygen atoms in total. The number of nitrogens with zero attached hydrogens (tertiary/aromatic N) is 1. The predicted octanol–water partition coefficient (Wildman–Crippen LogP) is 5.52. The zero-order valence-corrected chi connectivity index (χ0v) is 19.6. The summed E-state index contributed by atoms with van der Waals surface area (Å²) < 4.78 is 5.18. The van der Waals surface area contributed by atoms with E-state index in [1.54, 1.807) is 35.2 Å². The second kappa shape index (κ2) is 8.03. The number of nitrogens with one attached hydrogen (secondary N) is 1. The molecule has 0 radical (unpaired) electrons. The van der Waals surface area contributed by atoms with Gasteiger partial charge in [0, 0.05) is 29.4 Å². The van der Waals surface area contributed by atoms with Gasteiger partial charge in [-0.3, -0.25) is 14.4 Å². The lowest BCUT2D eigenvalue weighted by Crippen LogP contribution is -2.57. The van der Waals surface area contributed by atoms with Crippen molar-refractivity contribution in [2.45, 2.75) is 52.0 Å². The van der Waals surface area contributed by atoms with Gasteiger partial charge in [-0.25, -0.2) is 0 Å². The Morgan fingerprint density at radius 3 is 2.30 bits per heavy atom. The van der Waals surface area contributed by atoms with Crippen LogP contribution in [0.3, 0.4) is 0 Å². The molecule has 2 aromatic carbocycles. The number of rotatable bonds is 4. The number of carbonyl (C=O) groups excluding carboxylic acids is 3. The second-order valence-electron chi connectivity index (χ2n) is 9.53. The largest absolute Gasteiger partial charge is 0.459 e. The third kappa shape index (κ3) is 3.97. The molecule has 0 fully saturated rings. The van der Waals surface area contributed by atoms with Crippen molar-refractivity contribution in [3.8, 4) is 0 Å². The summed E-state index contributed by atoms with van der Waals surface area (Å²) in [5.41, 5.74) is 2.13. The molecule has 6 heteroatoms. The third-order valence-corrected chi connectivity index (χ3v) is 6.36. The molecular weight excluding hydrogens is 416 g/mol. The first-order valence-electron chi connectivity index (χ1n) is 10.9. The average Bonchev–Trinajstić information content (AvgIpc) is 3.28. The van der Waals surface area contributed by atoms with Crippen LogP contribution in [0.25, 0.3) is 0 Å². The number of ketones is 1. The third-order valence-electron chi connectivity index (χ3n) is 6.36. The summed E-state index contributed by atoms with van der Waals surface area (Å²) in [5, 5.41) is 2.84. The Kier molecular flexibility index (Phi) is 5.48. The smallest absolute Gasteiger partial charge is 0.291 e. The van der Waals surface area contributed by atoms with Crippen molar-refractivity contribution in [2.75, 3.05) is 10.2 Å². The highest BCUT2D eigenvalue weighted by atomic mass is 16.3. The highest BCUT2D eigenvalue weighted by Crippen LogP contribution is 2.49. The van der Waals surface area contributed by atoms with Gasteiger partial charge in [-0.1, -0.05) is 29.8 Å². The van der Waals surface area contributed by atoms with Gasteiger partial charge in [0.1, 0.15) is 0 Å². The number of carbonyl (C=O) groups is 3. The highest BCUT2D eigenvalue weighted by molar-refractivity contribution is 6.08. The number of anilines is 2. The number of hydrogen-bond donors (Lipinski definition) is 1. The summed E-state index contributed by atoms with van der Waals surface area (Å²) in [4.78, 5) is 40.8. The lowest BCUT2D eigenvalue weighted by molar-refractivity contribution is -0.117. The summed E-state index contributed by atoms with van der Waals surface area (Å²) >= 11 is 0. The van der Waals surface area contributed by atoms with Crippen molar-refractivity contribution in [1.29, 1.82) is 0 Å². The van der Waals surface area contributed by atoms with Crippen LogP contribution in [0.2, 0.25) is 0 Å². The maximum Gasteiger partial charge on any atom is 0.291 e. The fourth-order valence-electron chi connectivity index (χ4n) is 5.04. The van der Waals surface area contributed by atoms with Crippen LogP contribution in [0, 0.1) is 6.92 Å². The minimum absolute atomic E-state index is 0.0189. The van der Waals surface area contributed by atoms with E-state index in [9.17, 15) is 14.4 Å². The second-order valence-corrected chi connectivity index (χ2v) is 9.53. The van der Waals surface area contributed by atoms with Gasteiger partial charge in [0.2, 0.25) is 5.91 Å². The molecule has 2 heterocycles. The van der Waals surface area contributed by atoms with E-state index in [2.05, 4.69) is 5.32 Å². The van der Waals surface area contributed by atoms with Gasteiger partial charge in [0.25, 0.3) is 5.91 Å². The predicted molar refractivity (Wildman–Crippen MR) is 128 cm³/mol. The standard InChI is InChI=1S/C27H28N2O4/c1-17-8-10-19(11-9-17)24(31)27(5)16-26(3,4)29(18(2)30)22-13-12-20(15-21(22)27)28-25(32)23-7-6-14-33-23/h6-15H,16H2,1-5H3,(H,28,32). The molecule has 1 atom stereocenters. The van der Waals surface area contributed by atoms with Gasteiger partial charge in [-0.15, -0.1) is 0 Å². The normalized spacial score (nSPS) is 19.0. The van der Waals surface area contributed by atoms with Crippen LogP contribution in [-0.4, -0.2) is 23.1 Å². The average molecular weight is 445 g/mol. The van der Waals surface area contributed by atoms with E-state index in [1.807, 2.05) is 52.0 Å². The molecule has 0 aliphatic carbocycles. The van der Waals surface area contributed by atoms with E-state index >= 15 is 0 Å². The quantitative estimate of drug-likeness (QED) is 0.538. The van der Waals surface area contributed by atoms with E-state index in [1.165, 1.54) is 13.2 Å². The van der Waals surface area contributed by atoms with Crippen molar-refractivity contribution in [3.05, 3.63) is 83.3 Å². The Morgan fingerprint density at radius 1 is 1.00 bits per heavy atom. The maximum atomic E-state index is 13.9. The molecule has 33 heavy (non-hydrogen) atoms. The van der Waals surface area contributed by atoms with E-state index < -0.39 is 11.0 Å². The topological polar surface area (TPSA) is 79.6 Å². The lowest BCUT2D eigenvalue weighted by atomic mass is 9.65. The van der Waals surface area contributed by atoms with E-state index in [0.717, 1.165) is 5.56 Å². The summed E-state index contributed by atoms with van der Waals surface area (Å²) in [6, 6.07) is 16.1. The first kappa shape index (κ1) is 22.5. The van der Waals surface area contributed by atoms with Crippen LogP contribution in [-0.2, 0) is 10.2 Å². The van der Waals surface area contributed by atoms with Gasteiger partial charge in [0.15, 0.2) is 11.5 Å². The van der Waals surface area contributed by atoms with Crippen molar-refractivity contribution >= 4 is 29.0 Å². The Bertz CT molecular complexity index is 1230. The van der Waals surface area contributed by atoms with Crippen LogP contribution in [0.15, 0.2) is 65.3 Å². The fraction of sp³-hybridized carbons (Fsp3) is 0.296. The van der Waals surface area contributed by atoms with E-state index in [4.69, 9.17) is 4.42 Å². The van der Waals surface area contributed by atoms with Crippen LogP contribution >= 0.6 is 0 Å². The lowest BCUT2D eigenvalue weighted by Gasteiger charge is -2.50. The van der Waals surface area contributed by atoms with Crippen LogP contribution in [0.4, 0.5) is 11.4 Å². The number of furan rings is 1. The first-order chi connectivity index (χ1) is 15.5. The van der Waals surface area contributed by atoms with Crippen molar-refractivity contribution in [3.63, 3.8) is 0 Å². The van der Waals surface area contributed by atoms with E-state index in [-0.39, 0.29) is 23.4 Å². The zero-order chi connectivity index (χ0) is 24.0. The van der Waals surface area contributed by atoms with Crippen LogP contribution in [0.1, 0.15) is 66.2 Å². The number of amides is 2. The van der Waals surface area contributed by atoms with Crippen LogP contribution < -0.4 is 10.2 Å². The number of hydrogen-bond acceptors (Lipinski definition) is 4. The maximum absolute atomic E-state index is 13.9. The summed E-state index contributed by atoms with van der Waals surface area (Å²) in [6.45, 7) is 9.39. The van der Waals surface area contributed by atoms with Crippen molar-refractivity contribution in [2.24, 2.45) is 0 Å². The Morgan fingerprint density at radius 2 is 1.70 bits per heavy atom. The zero-order valence-electron chi connectivity index (χ0n) is 19.6. The molecule has 1 aromatic heterocycles. The van der Waals surface area contributed by atoms with Crippen LogP contribution in [0.5, 0.6) is 0 Å². The van der Waals surface area contributed by atoms with Gasteiger partial charge in [0.05, 0.1) is 11.7 Å². The Hall–Kier alpha value is -3.67.